The highest BCUT2D eigenvalue weighted by molar-refractivity contribution is 5.94. The number of aromatic nitrogens is 1. The lowest BCUT2D eigenvalue weighted by Gasteiger charge is -2.29. The molecule has 5 heteroatoms. The number of nitrogens with zero attached hydrogens (tertiary/aromatic N) is 2. The minimum Gasteiger partial charge on any atom is -0.496 e. The smallest absolute Gasteiger partial charge is 0.269 e. The number of pyridine rings is 1. The fourth-order valence-corrected chi connectivity index (χ4v) is 3.90. The van der Waals surface area contributed by atoms with Crippen molar-refractivity contribution in [1.82, 2.24) is 15.2 Å². The van der Waals surface area contributed by atoms with Gasteiger partial charge in [0.1, 0.15) is 11.4 Å². The summed E-state index contributed by atoms with van der Waals surface area (Å²) in [5, 5.41) is 4.12. The fourth-order valence-electron chi connectivity index (χ4n) is 3.90. The van der Waals surface area contributed by atoms with Crippen LogP contribution in [0.25, 0.3) is 10.9 Å². The Morgan fingerprint density at radius 2 is 1.82 bits per heavy atom. The van der Waals surface area contributed by atoms with E-state index in [0.29, 0.717) is 12.2 Å². The molecule has 1 aliphatic heterocycles. The first-order chi connectivity index (χ1) is 13.8. The van der Waals surface area contributed by atoms with Crippen LogP contribution in [0.3, 0.4) is 0 Å². The maximum absolute atomic E-state index is 12.8. The number of benzene rings is 2. The first-order valence-corrected chi connectivity index (χ1v) is 9.77. The lowest BCUT2D eigenvalue weighted by molar-refractivity contribution is 0.0932. The molecule has 2 heterocycles. The van der Waals surface area contributed by atoms with Crippen molar-refractivity contribution in [2.75, 3.05) is 26.7 Å². The fraction of sp³-hybridized carbons (Fsp3) is 0.304. The number of carbonyl (C=O) groups is 1. The van der Waals surface area contributed by atoms with Gasteiger partial charge in [0, 0.05) is 17.5 Å². The molecule has 3 aromatic rings. The molecule has 0 spiro atoms. The van der Waals surface area contributed by atoms with Gasteiger partial charge >= 0.3 is 0 Å². The SMILES string of the molecule is COc1ccccc1[C@@H](CNC(=O)c1ccc2ccccc2n1)N1CCCC1. The van der Waals surface area contributed by atoms with Crippen molar-refractivity contribution in [3.63, 3.8) is 0 Å². The number of hydrogen-bond acceptors (Lipinski definition) is 4. The molecule has 144 valence electrons. The van der Waals surface area contributed by atoms with Gasteiger partial charge in [0.15, 0.2) is 0 Å². The van der Waals surface area contributed by atoms with E-state index in [-0.39, 0.29) is 11.9 Å². The Labute approximate surface area is 165 Å². The number of nitrogens with one attached hydrogen (secondary N) is 1. The Morgan fingerprint density at radius 1 is 1.07 bits per heavy atom. The zero-order valence-corrected chi connectivity index (χ0v) is 16.1. The molecule has 0 radical (unpaired) electrons. The summed E-state index contributed by atoms with van der Waals surface area (Å²) in [5.74, 6) is 0.710. The highest BCUT2D eigenvalue weighted by atomic mass is 16.5. The molecule has 0 bridgehead atoms. The number of carbonyl (C=O) groups excluding carboxylic acids is 1. The van der Waals surface area contributed by atoms with E-state index < -0.39 is 0 Å². The second-order valence-electron chi connectivity index (χ2n) is 7.10. The summed E-state index contributed by atoms with van der Waals surface area (Å²) in [6, 6.07) is 19.7. The Bertz CT molecular complexity index is 967. The van der Waals surface area contributed by atoms with Crippen LogP contribution in [0.4, 0.5) is 0 Å². The van der Waals surface area contributed by atoms with Gasteiger partial charge in [-0.1, -0.05) is 42.5 Å². The van der Waals surface area contributed by atoms with E-state index in [2.05, 4.69) is 21.3 Å². The Hall–Kier alpha value is -2.92. The molecule has 1 amide bonds. The second-order valence-corrected chi connectivity index (χ2v) is 7.10. The van der Waals surface area contributed by atoms with Gasteiger partial charge in [-0.25, -0.2) is 4.98 Å². The second kappa shape index (κ2) is 8.40. The number of hydrogen-bond donors (Lipinski definition) is 1. The number of methoxy groups -OCH3 is 1. The quantitative estimate of drug-likeness (QED) is 0.712. The third-order valence-electron chi connectivity index (χ3n) is 5.37. The predicted molar refractivity (Wildman–Crippen MR) is 111 cm³/mol. The van der Waals surface area contributed by atoms with Crippen LogP contribution in [0.1, 0.15) is 34.9 Å². The van der Waals surface area contributed by atoms with E-state index in [0.717, 1.165) is 35.3 Å². The largest absolute Gasteiger partial charge is 0.496 e. The standard InChI is InChI=1S/C23H25N3O2/c1-28-22-11-5-3-9-18(22)21(26-14-6-7-15-26)16-24-23(27)20-13-12-17-8-2-4-10-19(17)25-20/h2-5,8-13,21H,6-7,14-16H2,1H3,(H,24,27)/t21-/m1/s1. The summed E-state index contributed by atoms with van der Waals surface area (Å²) in [5.41, 5.74) is 2.38. The van der Waals surface area contributed by atoms with Gasteiger partial charge < -0.3 is 10.1 Å². The number of rotatable bonds is 6. The van der Waals surface area contributed by atoms with Gasteiger partial charge in [-0.2, -0.15) is 0 Å². The number of amides is 1. The van der Waals surface area contributed by atoms with Gasteiger partial charge in [-0.05, 0) is 44.1 Å². The van der Waals surface area contributed by atoms with Crippen LogP contribution in [0.15, 0.2) is 60.7 Å². The number of likely N-dealkylation sites (tertiary alicyclic amines) is 1. The van der Waals surface area contributed by atoms with Crippen molar-refractivity contribution >= 4 is 16.8 Å². The van der Waals surface area contributed by atoms with Crippen LogP contribution >= 0.6 is 0 Å². The third-order valence-corrected chi connectivity index (χ3v) is 5.37. The topological polar surface area (TPSA) is 54.5 Å². The normalized spacial score (nSPS) is 15.5. The molecule has 1 atom stereocenters. The molecule has 28 heavy (non-hydrogen) atoms. The lowest BCUT2D eigenvalue weighted by Crippen LogP contribution is -2.37. The number of para-hydroxylation sites is 2. The van der Waals surface area contributed by atoms with Crippen LogP contribution in [-0.2, 0) is 0 Å². The van der Waals surface area contributed by atoms with Crippen LogP contribution in [0, 0.1) is 0 Å². The van der Waals surface area contributed by atoms with Gasteiger partial charge in [-0.15, -0.1) is 0 Å². The molecule has 1 fully saturated rings. The zero-order chi connectivity index (χ0) is 19.3. The third kappa shape index (κ3) is 3.85. The molecule has 4 rings (SSSR count). The summed E-state index contributed by atoms with van der Waals surface area (Å²) in [6.07, 6.45) is 2.37. The van der Waals surface area contributed by atoms with Gasteiger partial charge in [0.05, 0.1) is 18.7 Å². The van der Waals surface area contributed by atoms with Crippen molar-refractivity contribution in [2.45, 2.75) is 18.9 Å². The Kier molecular flexibility index (Phi) is 5.53. The molecule has 5 nitrogen and oxygen atoms in total. The highest BCUT2D eigenvalue weighted by Gasteiger charge is 2.26. The van der Waals surface area contributed by atoms with E-state index in [1.807, 2.05) is 48.5 Å². The molecule has 1 saturated heterocycles. The molecule has 0 saturated carbocycles. The molecular weight excluding hydrogens is 350 g/mol. The predicted octanol–water partition coefficient (Wildman–Crippen LogP) is 3.81. The van der Waals surface area contributed by atoms with E-state index >= 15 is 0 Å². The maximum atomic E-state index is 12.8. The lowest BCUT2D eigenvalue weighted by atomic mass is 10.0. The van der Waals surface area contributed by atoms with Crippen LogP contribution in [-0.4, -0.2) is 42.5 Å². The van der Waals surface area contributed by atoms with E-state index in [9.17, 15) is 4.79 Å². The summed E-state index contributed by atoms with van der Waals surface area (Å²) in [7, 11) is 1.69. The number of ether oxygens (including phenoxy) is 1. The van der Waals surface area contributed by atoms with Crippen molar-refractivity contribution in [2.24, 2.45) is 0 Å². The molecule has 1 N–H and O–H groups in total. The molecule has 0 unspecified atom stereocenters. The van der Waals surface area contributed by atoms with Crippen molar-refractivity contribution < 1.29 is 9.53 Å². The molecule has 1 aromatic heterocycles. The van der Waals surface area contributed by atoms with Crippen molar-refractivity contribution in [1.29, 1.82) is 0 Å². The minimum atomic E-state index is -0.148. The highest BCUT2D eigenvalue weighted by Crippen LogP contribution is 2.31. The average Bonchev–Trinajstić information content (AvgIpc) is 3.28. The molecule has 0 aliphatic carbocycles. The van der Waals surface area contributed by atoms with Gasteiger partial charge in [0.2, 0.25) is 0 Å². The molecular formula is C23H25N3O2. The van der Waals surface area contributed by atoms with Gasteiger partial charge in [0.25, 0.3) is 5.91 Å². The summed E-state index contributed by atoms with van der Waals surface area (Å²) < 4.78 is 5.57. The first kappa shape index (κ1) is 18.4. The molecule has 2 aromatic carbocycles. The monoisotopic (exact) mass is 375 g/mol. The first-order valence-electron chi connectivity index (χ1n) is 9.77. The Morgan fingerprint density at radius 3 is 2.64 bits per heavy atom. The molecule has 1 aliphatic rings. The average molecular weight is 375 g/mol. The zero-order valence-electron chi connectivity index (χ0n) is 16.1. The van der Waals surface area contributed by atoms with E-state index in [4.69, 9.17) is 4.74 Å². The van der Waals surface area contributed by atoms with Crippen LogP contribution < -0.4 is 10.1 Å². The Balaban J connectivity index is 1.54. The summed E-state index contributed by atoms with van der Waals surface area (Å²) >= 11 is 0. The maximum Gasteiger partial charge on any atom is 0.269 e. The van der Waals surface area contributed by atoms with E-state index in [1.54, 1.807) is 13.2 Å². The minimum absolute atomic E-state index is 0.0862. The van der Waals surface area contributed by atoms with E-state index in [1.165, 1.54) is 12.8 Å². The van der Waals surface area contributed by atoms with Crippen LogP contribution in [0.5, 0.6) is 5.75 Å². The summed E-state index contributed by atoms with van der Waals surface area (Å²) in [6.45, 7) is 2.59. The number of fused-ring (bicyclic) bond motifs is 1. The van der Waals surface area contributed by atoms with Crippen molar-refractivity contribution in [3.05, 3.63) is 71.9 Å². The van der Waals surface area contributed by atoms with Crippen molar-refractivity contribution in [3.8, 4) is 5.75 Å². The van der Waals surface area contributed by atoms with Crippen LogP contribution in [0.2, 0.25) is 0 Å². The van der Waals surface area contributed by atoms with Gasteiger partial charge in [-0.3, -0.25) is 9.69 Å². The summed E-state index contributed by atoms with van der Waals surface area (Å²) in [4.78, 5) is 19.7.